The molecule has 144 valence electrons. The Balaban J connectivity index is 1.39. The molecule has 4 rings (SSSR count). The molecule has 1 amide bonds. The number of carbonyl (C=O) groups excluding carboxylic acids is 1. The van der Waals surface area contributed by atoms with Gasteiger partial charge < -0.3 is 4.74 Å². The highest BCUT2D eigenvalue weighted by molar-refractivity contribution is 7.18. The van der Waals surface area contributed by atoms with Gasteiger partial charge in [-0.15, -0.1) is 10.2 Å². The molecule has 29 heavy (non-hydrogen) atoms. The van der Waals surface area contributed by atoms with Crippen LogP contribution in [0.2, 0.25) is 0 Å². The largest absolute Gasteiger partial charge is 0.486 e. The standard InChI is InChI=1S/C22H18N4O2S/c1-15(16-5-3-2-4-6-16)28-19-9-7-17(8-10-19)20(27)24-22-26-25-21(29-22)18-11-13-23-14-12-18/h2-15H,1H3,(H,24,26,27). The van der Waals surface area contributed by atoms with E-state index in [2.05, 4.69) is 20.5 Å². The number of amides is 1. The van der Waals surface area contributed by atoms with Gasteiger partial charge in [0, 0.05) is 23.5 Å². The van der Waals surface area contributed by atoms with Gasteiger partial charge in [0.2, 0.25) is 5.13 Å². The first-order valence-electron chi connectivity index (χ1n) is 9.06. The lowest BCUT2D eigenvalue weighted by Crippen LogP contribution is -2.11. The summed E-state index contributed by atoms with van der Waals surface area (Å²) in [6.07, 6.45) is 3.30. The molecule has 0 aliphatic heterocycles. The number of benzene rings is 2. The van der Waals surface area contributed by atoms with E-state index in [1.165, 1.54) is 11.3 Å². The quantitative estimate of drug-likeness (QED) is 0.491. The van der Waals surface area contributed by atoms with Crippen LogP contribution in [0.1, 0.15) is 28.9 Å². The van der Waals surface area contributed by atoms with E-state index in [1.807, 2.05) is 49.4 Å². The van der Waals surface area contributed by atoms with Crippen LogP contribution in [-0.2, 0) is 0 Å². The third-order valence-electron chi connectivity index (χ3n) is 4.27. The van der Waals surface area contributed by atoms with Crippen molar-refractivity contribution in [2.45, 2.75) is 13.0 Å². The van der Waals surface area contributed by atoms with Gasteiger partial charge in [-0.2, -0.15) is 0 Å². The Labute approximate surface area is 172 Å². The van der Waals surface area contributed by atoms with Crippen LogP contribution in [0.25, 0.3) is 10.6 Å². The molecular weight excluding hydrogens is 384 g/mol. The first-order chi connectivity index (χ1) is 14.2. The molecule has 0 saturated heterocycles. The smallest absolute Gasteiger partial charge is 0.257 e. The van der Waals surface area contributed by atoms with Crippen molar-refractivity contribution in [1.82, 2.24) is 15.2 Å². The fraction of sp³-hybridized carbons (Fsp3) is 0.0909. The third-order valence-corrected chi connectivity index (χ3v) is 5.16. The molecule has 0 spiro atoms. The normalized spacial score (nSPS) is 11.6. The van der Waals surface area contributed by atoms with E-state index in [1.54, 1.807) is 36.7 Å². The average Bonchev–Trinajstić information content (AvgIpc) is 3.24. The fourth-order valence-corrected chi connectivity index (χ4v) is 3.48. The van der Waals surface area contributed by atoms with Gasteiger partial charge in [0.1, 0.15) is 16.9 Å². The molecule has 6 nitrogen and oxygen atoms in total. The monoisotopic (exact) mass is 402 g/mol. The van der Waals surface area contributed by atoms with E-state index >= 15 is 0 Å². The van der Waals surface area contributed by atoms with E-state index in [0.717, 1.165) is 16.1 Å². The molecule has 0 bridgehead atoms. The highest BCUT2D eigenvalue weighted by Gasteiger charge is 2.12. The van der Waals surface area contributed by atoms with Crippen molar-refractivity contribution in [3.05, 3.63) is 90.3 Å². The topological polar surface area (TPSA) is 77.0 Å². The number of ether oxygens (including phenoxy) is 1. The highest BCUT2D eigenvalue weighted by Crippen LogP contribution is 2.26. The lowest BCUT2D eigenvalue weighted by Gasteiger charge is -2.15. The summed E-state index contributed by atoms with van der Waals surface area (Å²) in [6, 6.07) is 20.7. The number of nitrogens with one attached hydrogen (secondary N) is 1. The summed E-state index contributed by atoms with van der Waals surface area (Å²) in [5.74, 6) is 0.457. The molecular formula is C22H18N4O2S. The molecule has 2 aromatic heterocycles. The first kappa shape index (κ1) is 18.8. The summed E-state index contributed by atoms with van der Waals surface area (Å²) in [6.45, 7) is 1.99. The number of anilines is 1. The number of pyridine rings is 1. The summed E-state index contributed by atoms with van der Waals surface area (Å²) in [4.78, 5) is 16.5. The van der Waals surface area contributed by atoms with Crippen LogP contribution in [-0.4, -0.2) is 21.1 Å². The second kappa shape index (κ2) is 8.62. The zero-order valence-corrected chi connectivity index (χ0v) is 16.5. The molecule has 0 radical (unpaired) electrons. The lowest BCUT2D eigenvalue weighted by atomic mass is 10.1. The van der Waals surface area contributed by atoms with Crippen LogP contribution < -0.4 is 10.1 Å². The van der Waals surface area contributed by atoms with Gasteiger partial charge in [0.15, 0.2) is 0 Å². The molecule has 2 heterocycles. The number of hydrogen-bond donors (Lipinski definition) is 1. The second-order valence-corrected chi connectivity index (χ2v) is 7.28. The summed E-state index contributed by atoms with van der Waals surface area (Å²) >= 11 is 1.31. The minimum Gasteiger partial charge on any atom is -0.486 e. The zero-order valence-electron chi connectivity index (χ0n) is 15.6. The van der Waals surface area contributed by atoms with Crippen LogP contribution in [0.3, 0.4) is 0 Å². The third kappa shape index (κ3) is 4.64. The van der Waals surface area contributed by atoms with Crippen molar-refractivity contribution in [3.8, 4) is 16.3 Å². The number of carbonyl (C=O) groups is 1. The maximum Gasteiger partial charge on any atom is 0.257 e. The van der Waals surface area contributed by atoms with Gasteiger partial charge in [0.25, 0.3) is 5.91 Å². The number of rotatable bonds is 6. The minimum absolute atomic E-state index is 0.0797. The van der Waals surface area contributed by atoms with Crippen LogP contribution in [0.15, 0.2) is 79.1 Å². The van der Waals surface area contributed by atoms with E-state index in [-0.39, 0.29) is 12.0 Å². The van der Waals surface area contributed by atoms with Crippen molar-refractivity contribution in [1.29, 1.82) is 0 Å². The van der Waals surface area contributed by atoms with Crippen molar-refractivity contribution in [2.24, 2.45) is 0 Å². The number of nitrogens with zero attached hydrogens (tertiary/aromatic N) is 3. The lowest BCUT2D eigenvalue weighted by molar-refractivity contribution is 0.102. The van der Waals surface area contributed by atoms with E-state index in [0.29, 0.717) is 16.4 Å². The van der Waals surface area contributed by atoms with E-state index < -0.39 is 0 Å². The van der Waals surface area contributed by atoms with Crippen molar-refractivity contribution in [2.75, 3.05) is 5.32 Å². The van der Waals surface area contributed by atoms with Gasteiger partial charge >= 0.3 is 0 Å². The first-order valence-corrected chi connectivity index (χ1v) is 9.87. The Hall–Kier alpha value is -3.58. The fourth-order valence-electron chi connectivity index (χ4n) is 2.74. The molecule has 1 unspecified atom stereocenters. The Bertz CT molecular complexity index is 1080. The molecule has 4 aromatic rings. The Morgan fingerprint density at radius 1 is 0.966 bits per heavy atom. The van der Waals surface area contributed by atoms with Gasteiger partial charge in [-0.1, -0.05) is 41.7 Å². The molecule has 1 atom stereocenters. The van der Waals surface area contributed by atoms with Gasteiger partial charge in [-0.05, 0) is 48.9 Å². The molecule has 7 heteroatoms. The maximum absolute atomic E-state index is 12.5. The molecule has 0 saturated carbocycles. The summed E-state index contributed by atoms with van der Waals surface area (Å²) in [7, 11) is 0. The van der Waals surface area contributed by atoms with Crippen molar-refractivity contribution < 1.29 is 9.53 Å². The van der Waals surface area contributed by atoms with Crippen molar-refractivity contribution >= 4 is 22.4 Å². The molecule has 0 aliphatic carbocycles. The minimum atomic E-state index is -0.245. The molecule has 0 fully saturated rings. The number of hydrogen-bond acceptors (Lipinski definition) is 6. The average molecular weight is 402 g/mol. The molecule has 1 N–H and O–H groups in total. The Morgan fingerprint density at radius 3 is 2.41 bits per heavy atom. The van der Waals surface area contributed by atoms with Crippen LogP contribution in [0.4, 0.5) is 5.13 Å². The van der Waals surface area contributed by atoms with Gasteiger partial charge in [-0.25, -0.2) is 0 Å². The SMILES string of the molecule is CC(Oc1ccc(C(=O)Nc2nnc(-c3ccncc3)s2)cc1)c1ccccc1. The van der Waals surface area contributed by atoms with Crippen molar-refractivity contribution in [3.63, 3.8) is 0 Å². The summed E-state index contributed by atoms with van der Waals surface area (Å²) in [5.41, 5.74) is 2.52. The second-order valence-electron chi connectivity index (χ2n) is 6.30. The predicted molar refractivity (Wildman–Crippen MR) is 113 cm³/mol. The highest BCUT2D eigenvalue weighted by atomic mass is 32.1. The predicted octanol–water partition coefficient (Wildman–Crippen LogP) is 4.99. The Kier molecular flexibility index (Phi) is 5.58. The molecule has 0 aliphatic rings. The van der Waals surface area contributed by atoms with Crippen LogP contribution in [0.5, 0.6) is 5.75 Å². The van der Waals surface area contributed by atoms with Crippen LogP contribution in [0, 0.1) is 0 Å². The van der Waals surface area contributed by atoms with Crippen LogP contribution >= 0.6 is 11.3 Å². The maximum atomic E-state index is 12.5. The molecule has 2 aromatic carbocycles. The number of aromatic nitrogens is 3. The summed E-state index contributed by atoms with van der Waals surface area (Å²) in [5, 5.41) is 12.1. The zero-order chi connectivity index (χ0) is 20.1. The Morgan fingerprint density at radius 2 is 1.69 bits per heavy atom. The van der Waals surface area contributed by atoms with E-state index in [9.17, 15) is 4.79 Å². The van der Waals surface area contributed by atoms with Gasteiger partial charge in [-0.3, -0.25) is 15.1 Å². The summed E-state index contributed by atoms with van der Waals surface area (Å²) < 4.78 is 5.95. The van der Waals surface area contributed by atoms with E-state index in [4.69, 9.17) is 4.74 Å². The van der Waals surface area contributed by atoms with Gasteiger partial charge in [0.05, 0.1) is 0 Å².